The number of hydrogen-bond donors (Lipinski definition) is 0. The van der Waals surface area contributed by atoms with E-state index in [1.807, 2.05) is 37.3 Å². The second-order valence-electron chi connectivity index (χ2n) is 7.32. The Morgan fingerprint density at radius 3 is 2.68 bits per heavy atom. The zero-order valence-corrected chi connectivity index (χ0v) is 18.5. The van der Waals surface area contributed by atoms with E-state index in [2.05, 4.69) is 28.6 Å². The SMILES string of the molecule is CCOc1cccc2c1OC(c1ccc(OC)c(OC)c1)N1N=C(c3cccs3)CC21. The van der Waals surface area contributed by atoms with Crippen LogP contribution in [0.2, 0.25) is 0 Å². The van der Waals surface area contributed by atoms with E-state index >= 15 is 0 Å². The number of hydrazone groups is 1. The third kappa shape index (κ3) is 3.39. The number of methoxy groups -OCH3 is 2. The molecule has 0 amide bonds. The molecule has 3 aromatic rings. The van der Waals surface area contributed by atoms with Crippen LogP contribution in [0.3, 0.4) is 0 Å². The molecule has 2 aromatic carbocycles. The van der Waals surface area contributed by atoms with Crippen molar-refractivity contribution in [3.05, 3.63) is 69.9 Å². The highest BCUT2D eigenvalue weighted by atomic mass is 32.1. The molecule has 0 saturated carbocycles. The summed E-state index contributed by atoms with van der Waals surface area (Å²) in [5.74, 6) is 2.88. The summed E-state index contributed by atoms with van der Waals surface area (Å²) in [6, 6.07) is 16.2. The number of ether oxygens (including phenoxy) is 4. The van der Waals surface area contributed by atoms with Crippen LogP contribution in [0.15, 0.2) is 59.0 Å². The monoisotopic (exact) mass is 436 g/mol. The molecular formula is C24H24N2O4S. The highest BCUT2D eigenvalue weighted by Gasteiger charge is 2.42. The molecule has 1 aromatic heterocycles. The molecule has 0 spiro atoms. The summed E-state index contributed by atoms with van der Waals surface area (Å²) in [6.45, 7) is 2.56. The predicted molar refractivity (Wildman–Crippen MR) is 121 cm³/mol. The van der Waals surface area contributed by atoms with Crippen molar-refractivity contribution in [2.75, 3.05) is 20.8 Å². The molecule has 160 valence electrons. The normalized spacial score (nSPS) is 19.2. The maximum absolute atomic E-state index is 6.56. The van der Waals surface area contributed by atoms with Crippen LogP contribution < -0.4 is 18.9 Å². The number of benzene rings is 2. The van der Waals surface area contributed by atoms with E-state index in [0.29, 0.717) is 18.1 Å². The van der Waals surface area contributed by atoms with Gasteiger partial charge in [0.1, 0.15) is 0 Å². The summed E-state index contributed by atoms with van der Waals surface area (Å²) in [4.78, 5) is 1.18. The molecule has 0 aliphatic carbocycles. The molecule has 2 atom stereocenters. The van der Waals surface area contributed by atoms with Gasteiger partial charge >= 0.3 is 0 Å². The summed E-state index contributed by atoms with van der Waals surface area (Å²) >= 11 is 1.71. The van der Waals surface area contributed by atoms with Crippen molar-refractivity contribution in [3.8, 4) is 23.0 Å². The first-order valence-electron chi connectivity index (χ1n) is 10.3. The molecule has 0 N–H and O–H groups in total. The zero-order chi connectivity index (χ0) is 21.4. The van der Waals surface area contributed by atoms with Crippen molar-refractivity contribution in [2.24, 2.45) is 5.10 Å². The van der Waals surface area contributed by atoms with Gasteiger partial charge in [-0.25, -0.2) is 5.01 Å². The molecular weight excluding hydrogens is 412 g/mol. The second kappa shape index (κ2) is 8.15. The molecule has 0 saturated heterocycles. The van der Waals surface area contributed by atoms with E-state index < -0.39 is 6.23 Å². The van der Waals surface area contributed by atoms with Crippen molar-refractivity contribution >= 4 is 17.0 Å². The molecule has 0 radical (unpaired) electrons. The lowest BCUT2D eigenvalue weighted by atomic mass is 9.97. The van der Waals surface area contributed by atoms with E-state index in [4.69, 9.17) is 24.0 Å². The van der Waals surface area contributed by atoms with E-state index in [0.717, 1.165) is 34.8 Å². The molecule has 7 heteroatoms. The minimum Gasteiger partial charge on any atom is -0.493 e. The molecule has 3 heterocycles. The zero-order valence-electron chi connectivity index (χ0n) is 17.7. The van der Waals surface area contributed by atoms with Gasteiger partial charge in [0, 0.05) is 17.5 Å². The fraction of sp³-hybridized carbons (Fsp3) is 0.292. The molecule has 2 aliphatic rings. The largest absolute Gasteiger partial charge is 0.493 e. The molecule has 0 fully saturated rings. The third-order valence-corrected chi connectivity index (χ3v) is 6.50. The Morgan fingerprint density at radius 2 is 1.94 bits per heavy atom. The highest BCUT2D eigenvalue weighted by Crippen LogP contribution is 2.51. The molecule has 5 rings (SSSR count). The van der Waals surface area contributed by atoms with E-state index in [1.165, 1.54) is 4.88 Å². The van der Waals surface area contributed by atoms with E-state index in [9.17, 15) is 0 Å². The number of rotatable bonds is 6. The summed E-state index contributed by atoms with van der Waals surface area (Å²) in [5.41, 5.74) is 3.11. The minimum absolute atomic E-state index is 0.0688. The van der Waals surface area contributed by atoms with Crippen molar-refractivity contribution in [1.29, 1.82) is 0 Å². The number of para-hydroxylation sites is 1. The maximum Gasteiger partial charge on any atom is 0.214 e. The van der Waals surface area contributed by atoms with Crippen LogP contribution in [0.5, 0.6) is 23.0 Å². The number of nitrogens with zero attached hydrogens (tertiary/aromatic N) is 2. The molecule has 0 bridgehead atoms. The van der Waals surface area contributed by atoms with Crippen LogP contribution in [0.1, 0.15) is 41.6 Å². The van der Waals surface area contributed by atoms with Crippen molar-refractivity contribution < 1.29 is 18.9 Å². The topological polar surface area (TPSA) is 52.5 Å². The Bertz CT molecular complexity index is 1110. The van der Waals surface area contributed by atoms with Crippen molar-refractivity contribution in [1.82, 2.24) is 5.01 Å². The standard InChI is InChI=1S/C24H24N2O4S/c1-4-29-20-8-5-7-16-18-14-17(22-9-6-12-31-22)25-26(18)24(30-23(16)20)15-10-11-19(27-2)21(13-15)28-3/h5-13,18,24H,4,14H2,1-3H3. The molecule has 2 unspecified atom stereocenters. The van der Waals surface area contributed by atoms with Gasteiger partial charge in [0.05, 0.1) is 37.5 Å². The van der Waals surface area contributed by atoms with Crippen molar-refractivity contribution in [2.45, 2.75) is 25.6 Å². The van der Waals surface area contributed by atoms with Crippen LogP contribution in [-0.2, 0) is 0 Å². The fourth-order valence-electron chi connectivity index (χ4n) is 4.17. The Hall–Kier alpha value is -3.19. The fourth-order valence-corrected chi connectivity index (χ4v) is 4.89. The first-order valence-corrected chi connectivity index (χ1v) is 11.2. The number of thiophene rings is 1. The van der Waals surface area contributed by atoms with Gasteiger partial charge in [-0.3, -0.25) is 0 Å². The Morgan fingerprint density at radius 1 is 1.06 bits per heavy atom. The quantitative estimate of drug-likeness (QED) is 0.517. The summed E-state index contributed by atoms with van der Waals surface area (Å²) in [5, 5.41) is 9.15. The van der Waals surface area contributed by atoms with Crippen LogP contribution in [0, 0.1) is 0 Å². The van der Waals surface area contributed by atoms with Crippen LogP contribution in [0.25, 0.3) is 0 Å². The molecule has 6 nitrogen and oxygen atoms in total. The summed E-state index contributed by atoms with van der Waals surface area (Å²) in [7, 11) is 3.27. The molecule has 31 heavy (non-hydrogen) atoms. The summed E-state index contributed by atoms with van der Waals surface area (Å²) in [6.07, 6.45) is 0.410. The summed E-state index contributed by atoms with van der Waals surface area (Å²) < 4.78 is 23.4. The maximum atomic E-state index is 6.56. The second-order valence-corrected chi connectivity index (χ2v) is 8.26. The lowest BCUT2D eigenvalue weighted by Gasteiger charge is -2.38. The van der Waals surface area contributed by atoms with Crippen LogP contribution in [0.4, 0.5) is 0 Å². The first-order chi connectivity index (χ1) is 15.2. The van der Waals surface area contributed by atoms with Crippen molar-refractivity contribution in [3.63, 3.8) is 0 Å². The lowest BCUT2D eigenvalue weighted by Crippen LogP contribution is -2.34. The smallest absolute Gasteiger partial charge is 0.214 e. The van der Waals surface area contributed by atoms with Gasteiger partial charge < -0.3 is 18.9 Å². The van der Waals surface area contributed by atoms with Gasteiger partial charge in [0.2, 0.25) is 6.23 Å². The van der Waals surface area contributed by atoms with Gasteiger partial charge in [-0.2, -0.15) is 5.10 Å². The van der Waals surface area contributed by atoms with Gasteiger partial charge in [-0.1, -0.05) is 18.2 Å². The Labute approximate surface area is 185 Å². The average molecular weight is 437 g/mol. The Balaban J connectivity index is 1.62. The van der Waals surface area contributed by atoms with Gasteiger partial charge in [-0.05, 0) is 42.6 Å². The van der Waals surface area contributed by atoms with Gasteiger partial charge in [0.15, 0.2) is 23.0 Å². The lowest BCUT2D eigenvalue weighted by molar-refractivity contribution is -0.0213. The van der Waals surface area contributed by atoms with Crippen LogP contribution in [-0.4, -0.2) is 31.5 Å². The van der Waals surface area contributed by atoms with Crippen LogP contribution >= 0.6 is 11.3 Å². The minimum atomic E-state index is -0.406. The van der Waals surface area contributed by atoms with E-state index in [1.54, 1.807) is 25.6 Å². The molecule has 2 aliphatic heterocycles. The highest BCUT2D eigenvalue weighted by molar-refractivity contribution is 7.12. The number of hydrogen-bond acceptors (Lipinski definition) is 7. The third-order valence-electron chi connectivity index (χ3n) is 5.58. The Kier molecular flexibility index (Phi) is 5.19. The van der Waals surface area contributed by atoms with Gasteiger partial charge in [0.25, 0.3) is 0 Å². The predicted octanol–water partition coefficient (Wildman–Crippen LogP) is 5.41. The number of fused-ring (bicyclic) bond motifs is 3. The van der Waals surface area contributed by atoms with Gasteiger partial charge in [-0.15, -0.1) is 11.3 Å². The van der Waals surface area contributed by atoms with E-state index in [-0.39, 0.29) is 6.04 Å². The first kappa shape index (κ1) is 19.8. The average Bonchev–Trinajstić information content (AvgIpc) is 3.48.